The monoisotopic (exact) mass is 163 g/mol. The number of rotatable bonds is 0. The van der Waals surface area contributed by atoms with Crippen LogP contribution in [-0.4, -0.2) is 16.5 Å². The highest BCUT2D eigenvalue weighted by molar-refractivity contribution is 5.75. The average Bonchev–Trinajstić information content (AvgIpc) is 2.62. The van der Waals surface area contributed by atoms with E-state index in [2.05, 4.69) is 15.3 Å². The molecule has 2 aromatic heterocycles. The van der Waals surface area contributed by atoms with E-state index in [0.717, 1.165) is 30.7 Å². The fourth-order valence-electron chi connectivity index (χ4n) is 1.73. The molecule has 0 amide bonds. The fraction of sp³-hybridized carbons (Fsp3) is 0.375. The SMILES string of the molecule is c1nc2[nH]c3c(c2o1)CNCC3. The van der Waals surface area contributed by atoms with Crippen LogP contribution in [0.5, 0.6) is 0 Å². The van der Waals surface area contributed by atoms with Crippen LogP contribution in [0.25, 0.3) is 11.2 Å². The number of aromatic amines is 1. The van der Waals surface area contributed by atoms with Gasteiger partial charge in [0.2, 0.25) is 0 Å². The summed E-state index contributed by atoms with van der Waals surface area (Å²) in [6.07, 6.45) is 2.53. The smallest absolute Gasteiger partial charge is 0.183 e. The van der Waals surface area contributed by atoms with Crippen LogP contribution in [0, 0.1) is 0 Å². The van der Waals surface area contributed by atoms with Crippen LogP contribution in [0.2, 0.25) is 0 Å². The summed E-state index contributed by atoms with van der Waals surface area (Å²) in [4.78, 5) is 7.32. The zero-order chi connectivity index (χ0) is 7.97. The summed E-state index contributed by atoms with van der Waals surface area (Å²) < 4.78 is 5.27. The van der Waals surface area contributed by atoms with Crippen molar-refractivity contribution < 1.29 is 4.42 Å². The summed E-state index contributed by atoms with van der Waals surface area (Å²) in [7, 11) is 0. The van der Waals surface area contributed by atoms with Gasteiger partial charge in [-0.25, -0.2) is 0 Å². The van der Waals surface area contributed by atoms with Gasteiger partial charge in [0.25, 0.3) is 0 Å². The summed E-state index contributed by atoms with van der Waals surface area (Å²) in [5.74, 6) is 0. The molecule has 4 nitrogen and oxygen atoms in total. The van der Waals surface area contributed by atoms with E-state index in [1.54, 1.807) is 0 Å². The van der Waals surface area contributed by atoms with Crippen molar-refractivity contribution in [2.75, 3.05) is 6.54 Å². The number of nitrogens with zero attached hydrogens (tertiary/aromatic N) is 1. The maximum Gasteiger partial charge on any atom is 0.183 e. The van der Waals surface area contributed by atoms with Crippen LogP contribution < -0.4 is 5.32 Å². The zero-order valence-electron chi connectivity index (χ0n) is 6.55. The Morgan fingerprint density at radius 2 is 2.50 bits per heavy atom. The number of H-pyrrole nitrogens is 1. The van der Waals surface area contributed by atoms with Crippen molar-refractivity contribution in [2.45, 2.75) is 13.0 Å². The molecule has 2 aromatic rings. The second-order valence-electron chi connectivity index (χ2n) is 3.04. The third kappa shape index (κ3) is 0.674. The first-order valence-corrected chi connectivity index (χ1v) is 4.09. The van der Waals surface area contributed by atoms with Gasteiger partial charge in [0, 0.05) is 30.8 Å². The molecule has 0 spiro atoms. The molecule has 3 heterocycles. The van der Waals surface area contributed by atoms with Crippen LogP contribution in [0.3, 0.4) is 0 Å². The topological polar surface area (TPSA) is 53.9 Å². The van der Waals surface area contributed by atoms with Crippen molar-refractivity contribution in [3.8, 4) is 0 Å². The molecule has 0 unspecified atom stereocenters. The lowest BCUT2D eigenvalue weighted by molar-refractivity contribution is 0.581. The second kappa shape index (κ2) is 2.10. The predicted molar refractivity (Wildman–Crippen MR) is 43.8 cm³/mol. The maximum absolute atomic E-state index is 5.27. The number of hydrogen-bond donors (Lipinski definition) is 2. The average molecular weight is 163 g/mol. The highest BCUT2D eigenvalue weighted by atomic mass is 16.3. The first-order valence-electron chi connectivity index (χ1n) is 4.09. The molecule has 0 fully saturated rings. The van der Waals surface area contributed by atoms with E-state index < -0.39 is 0 Å². The quantitative estimate of drug-likeness (QED) is 0.604. The first-order chi connectivity index (χ1) is 5.95. The van der Waals surface area contributed by atoms with E-state index in [4.69, 9.17) is 4.42 Å². The molecular weight excluding hydrogens is 154 g/mol. The molecule has 0 aliphatic carbocycles. The summed E-state index contributed by atoms with van der Waals surface area (Å²) in [5.41, 5.74) is 4.31. The van der Waals surface area contributed by atoms with E-state index >= 15 is 0 Å². The molecule has 1 aliphatic rings. The Morgan fingerprint density at radius 1 is 1.50 bits per heavy atom. The van der Waals surface area contributed by atoms with Crippen molar-refractivity contribution in [1.29, 1.82) is 0 Å². The maximum atomic E-state index is 5.27. The highest BCUT2D eigenvalue weighted by Gasteiger charge is 2.17. The van der Waals surface area contributed by atoms with E-state index in [1.807, 2.05) is 0 Å². The van der Waals surface area contributed by atoms with Gasteiger partial charge in [-0.15, -0.1) is 0 Å². The van der Waals surface area contributed by atoms with Gasteiger partial charge in [-0.3, -0.25) is 0 Å². The summed E-state index contributed by atoms with van der Waals surface area (Å²) >= 11 is 0. The fourth-order valence-corrected chi connectivity index (χ4v) is 1.73. The Kier molecular flexibility index (Phi) is 1.10. The molecule has 0 bridgehead atoms. The summed E-state index contributed by atoms with van der Waals surface area (Å²) in [6, 6.07) is 0. The van der Waals surface area contributed by atoms with Crippen molar-refractivity contribution in [2.24, 2.45) is 0 Å². The van der Waals surface area contributed by atoms with Crippen LogP contribution in [0.4, 0.5) is 0 Å². The molecule has 0 saturated heterocycles. The largest absolute Gasteiger partial charge is 0.441 e. The van der Waals surface area contributed by atoms with Crippen LogP contribution in [0.1, 0.15) is 11.3 Å². The third-order valence-corrected chi connectivity index (χ3v) is 2.33. The van der Waals surface area contributed by atoms with Gasteiger partial charge >= 0.3 is 0 Å². The van der Waals surface area contributed by atoms with E-state index in [1.165, 1.54) is 17.7 Å². The number of aromatic nitrogens is 2. The molecule has 3 rings (SSSR count). The molecule has 1 aliphatic heterocycles. The lowest BCUT2D eigenvalue weighted by Crippen LogP contribution is -2.22. The molecule has 62 valence electrons. The molecule has 0 saturated carbocycles. The van der Waals surface area contributed by atoms with E-state index in [-0.39, 0.29) is 0 Å². The normalized spacial score (nSPS) is 16.7. The summed E-state index contributed by atoms with van der Waals surface area (Å²) in [5, 5.41) is 3.30. The van der Waals surface area contributed by atoms with Gasteiger partial charge in [-0.05, 0) is 0 Å². The van der Waals surface area contributed by atoms with Crippen molar-refractivity contribution in [1.82, 2.24) is 15.3 Å². The van der Waals surface area contributed by atoms with Crippen molar-refractivity contribution in [3.05, 3.63) is 17.7 Å². The van der Waals surface area contributed by atoms with Crippen molar-refractivity contribution >= 4 is 11.2 Å². The minimum absolute atomic E-state index is 0.878. The van der Waals surface area contributed by atoms with Crippen LogP contribution >= 0.6 is 0 Å². The number of oxazole rings is 1. The molecule has 0 radical (unpaired) electrons. The lowest BCUT2D eigenvalue weighted by Gasteiger charge is -2.11. The Hall–Kier alpha value is -1.29. The highest BCUT2D eigenvalue weighted by Crippen LogP contribution is 2.23. The minimum Gasteiger partial charge on any atom is -0.441 e. The second-order valence-corrected chi connectivity index (χ2v) is 3.04. The van der Waals surface area contributed by atoms with Gasteiger partial charge in [-0.2, -0.15) is 4.98 Å². The number of nitrogens with one attached hydrogen (secondary N) is 2. The Labute approximate surface area is 69.0 Å². The van der Waals surface area contributed by atoms with Gasteiger partial charge in [-0.1, -0.05) is 0 Å². The van der Waals surface area contributed by atoms with E-state index in [9.17, 15) is 0 Å². The van der Waals surface area contributed by atoms with E-state index in [0.29, 0.717) is 0 Å². The Morgan fingerprint density at radius 3 is 3.50 bits per heavy atom. The molecule has 2 N–H and O–H groups in total. The van der Waals surface area contributed by atoms with Crippen LogP contribution in [0.15, 0.2) is 10.8 Å². The van der Waals surface area contributed by atoms with Gasteiger partial charge < -0.3 is 14.7 Å². The number of fused-ring (bicyclic) bond motifs is 3. The predicted octanol–water partition coefficient (Wildman–Crippen LogP) is 0.802. The van der Waals surface area contributed by atoms with Crippen LogP contribution in [-0.2, 0) is 13.0 Å². The lowest BCUT2D eigenvalue weighted by atomic mass is 10.1. The van der Waals surface area contributed by atoms with Gasteiger partial charge in [0.1, 0.15) is 0 Å². The van der Waals surface area contributed by atoms with Gasteiger partial charge in [0.15, 0.2) is 17.6 Å². The standard InChI is InChI=1S/C8H9N3O/c1-2-9-3-5-6(1)11-8-7(5)12-4-10-8/h4,9,11H,1-3H2. The molecule has 12 heavy (non-hydrogen) atoms. The molecular formula is C8H9N3O. The van der Waals surface area contributed by atoms with Gasteiger partial charge in [0.05, 0.1) is 0 Å². The molecule has 0 atom stereocenters. The Bertz CT molecular complexity index is 415. The van der Waals surface area contributed by atoms with Crippen molar-refractivity contribution in [3.63, 3.8) is 0 Å². The minimum atomic E-state index is 0.878. The molecule has 4 heteroatoms. The third-order valence-electron chi connectivity index (χ3n) is 2.33. The number of hydrogen-bond acceptors (Lipinski definition) is 3. The Balaban J connectivity index is 2.34. The zero-order valence-corrected chi connectivity index (χ0v) is 6.55. The first kappa shape index (κ1) is 6.25. The molecule has 0 aromatic carbocycles. The summed E-state index contributed by atoms with van der Waals surface area (Å²) in [6.45, 7) is 1.93.